The number of halogens is 1. The third-order valence-electron chi connectivity index (χ3n) is 9.43. The third kappa shape index (κ3) is 7.91. The van der Waals surface area contributed by atoms with Crippen molar-refractivity contribution in [1.82, 2.24) is 9.88 Å². The number of hydrogen-bond acceptors (Lipinski definition) is 6. The van der Waals surface area contributed by atoms with Crippen LogP contribution in [0.1, 0.15) is 73.3 Å². The largest absolute Gasteiger partial charge is 0.461 e. The zero-order valence-electron chi connectivity index (χ0n) is 26.0. The number of hydrogen-bond donors (Lipinski definition) is 3. The Bertz CT molecular complexity index is 1440. The van der Waals surface area contributed by atoms with E-state index < -0.39 is 18.7 Å². The fourth-order valence-corrected chi connectivity index (χ4v) is 6.93. The molecule has 0 bridgehead atoms. The Morgan fingerprint density at radius 1 is 1.02 bits per heavy atom. The second-order valence-corrected chi connectivity index (χ2v) is 12.3. The first-order chi connectivity index (χ1) is 21.9. The molecule has 1 aliphatic heterocycles. The van der Waals surface area contributed by atoms with Crippen LogP contribution in [0.25, 0.3) is 10.9 Å². The number of alkyl halides is 1. The van der Waals surface area contributed by atoms with Gasteiger partial charge in [0.05, 0.1) is 13.3 Å². The van der Waals surface area contributed by atoms with Crippen molar-refractivity contribution in [3.8, 4) is 0 Å². The number of carbonyl (C=O) groups excluding carboxylic acids is 3. The highest BCUT2D eigenvalue weighted by atomic mass is 19.1. The minimum Gasteiger partial charge on any atom is -0.461 e. The molecule has 1 saturated heterocycles. The third-order valence-corrected chi connectivity index (χ3v) is 9.43. The molecule has 1 aliphatic carbocycles. The molecule has 3 aromatic rings. The van der Waals surface area contributed by atoms with Crippen molar-refractivity contribution in [1.29, 1.82) is 0 Å². The van der Waals surface area contributed by atoms with Crippen molar-refractivity contribution in [3.63, 3.8) is 0 Å². The monoisotopic (exact) mass is 620 g/mol. The lowest BCUT2D eigenvalue weighted by Gasteiger charge is -2.35. The number of amides is 2. The molecule has 2 heterocycles. The second kappa shape index (κ2) is 15.5. The van der Waals surface area contributed by atoms with E-state index in [1.807, 2.05) is 42.5 Å². The van der Waals surface area contributed by atoms with Crippen LogP contribution in [0.5, 0.6) is 0 Å². The van der Waals surface area contributed by atoms with Gasteiger partial charge in [-0.3, -0.25) is 14.0 Å². The Hall–Kier alpha value is -3.76. The van der Waals surface area contributed by atoms with Crippen LogP contribution in [0.3, 0.4) is 0 Å². The van der Waals surface area contributed by atoms with E-state index in [2.05, 4.69) is 10.3 Å². The molecule has 2 fully saturated rings. The van der Waals surface area contributed by atoms with E-state index in [1.54, 1.807) is 24.1 Å². The van der Waals surface area contributed by atoms with Gasteiger partial charge in [0.25, 0.3) is 0 Å². The van der Waals surface area contributed by atoms with Crippen LogP contribution in [0, 0.1) is 11.8 Å². The molecule has 2 amide bonds. The minimum absolute atomic E-state index is 0.0116. The van der Waals surface area contributed by atoms with Gasteiger partial charge in [0.15, 0.2) is 0 Å². The number of benzene rings is 2. The van der Waals surface area contributed by atoms with Crippen LogP contribution in [-0.4, -0.2) is 73.3 Å². The number of anilines is 1. The van der Waals surface area contributed by atoms with E-state index in [4.69, 9.17) is 15.2 Å². The van der Waals surface area contributed by atoms with Crippen molar-refractivity contribution >= 4 is 34.4 Å². The number of nitrogens with two attached hydrogens (primary N) is 1. The summed E-state index contributed by atoms with van der Waals surface area (Å²) in [5, 5.41) is 3.83. The molecule has 0 spiro atoms. The van der Waals surface area contributed by atoms with E-state index in [9.17, 15) is 18.8 Å². The summed E-state index contributed by atoms with van der Waals surface area (Å²) in [6, 6.07) is 16.2. The molecule has 242 valence electrons. The van der Waals surface area contributed by atoms with Gasteiger partial charge in [0, 0.05) is 54.7 Å². The number of aromatic nitrogens is 1. The van der Waals surface area contributed by atoms with Crippen molar-refractivity contribution < 1.29 is 28.2 Å². The predicted molar refractivity (Wildman–Crippen MR) is 172 cm³/mol. The van der Waals surface area contributed by atoms with E-state index in [-0.39, 0.29) is 35.6 Å². The summed E-state index contributed by atoms with van der Waals surface area (Å²) in [5.41, 5.74) is 8.89. The van der Waals surface area contributed by atoms with Gasteiger partial charge in [-0.1, -0.05) is 30.3 Å². The molecule has 2 aromatic carbocycles. The summed E-state index contributed by atoms with van der Waals surface area (Å²) >= 11 is 0. The summed E-state index contributed by atoms with van der Waals surface area (Å²) in [5.74, 6) is -0.732. The molecule has 0 radical (unpaired) electrons. The molecule has 1 aromatic heterocycles. The maximum atomic E-state index is 14.0. The zero-order valence-corrected chi connectivity index (χ0v) is 26.0. The highest BCUT2D eigenvalue weighted by Gasteiger charge is 2.44. The standard InChI is InChI=1S/C35H45FN4O5/c1-44-19-5-6-20-45-35(43)31-22-26-21-27(13-14-30(26)39-31)38-33(41)32-28(23-7-3-2-4-8-23)16-18-40(32)34(42)25-11-9-24(10-12-25)29(37)15-17-36/h2-4,7-8,13-14,21-22,24-25,28-29,32,39H,5-6,9-12,15-20,37H2,1H3,(H,38,41)/t24-,25-,28-,29-,32+/m1/s1. The Kier molecular flexibility index (Phi) is 11.2. The molecule has 3 atom stereocenters. The summed E-state index contributed by atoms with van der Waals surface area (Å²) in [6.07, 6.45) is 5.57. The minimum atomic E-state index is -0.656. The number of aromatic amines is 1. The summed E-state index contributed by atoms with van der Waals surface area (Å²) in [6.45, 7) is 1.01. The van der Waals surface area contributed by atoms with Gasteiger partial charge in [0.2, 0.25) is 11.8 Å². The molecular formula is C35H45FN4O5. The van der Waals surface area contributed by atoms with Crippen LogP contribution in [0.2, 0.25) is 0 Å². The number of methoxy groups -OCH3 is 1. The Morgan fingerprint density at radius 3 is 2.51 bits per heavy atom. The van der Waals surface area contributed by atoms with Crippen molar-refractivity contribution in [2.75, 3.05) is 38.9 Å². The molecule has 0 unspecified atom stereocenters. The first-order valence-corrected chi connectivity index (χ1v) is 16.2. The van der Waals surface area contributed by atoms with Gasteiger partial charge in [-0.2, -0.15) is 0 Å². The van der Waals surface area contributed by atoms with Gasteiger partial charge in [0.1, 0.15) is 11.7 Å². The molecule has 2 aliphatic rings. The van der Waals surface area contributed by atoms with Crippen LogP contribution in [0.4, 0.5) is 10.1 Å². The average Bonchev–Trinajstić information content (AvgIpc) is 3.70. The number of nitrogens with zero attached hydrogens (tertiary/aromatic N) is 1. The van der Waals surface area contributed by atoms with Crippen LogP contribution < -0.4 is 11.1 Å². The lowest BCUT2D eigenvalue weighted by Crippen LogP contribution is -2.48. The average molecular weight is 621 g/mol. The Morgan fingerprint density at radius 2 is 1.78 bits per heavy atom. The second-order valence-electron chi connectivity index (χ2n) is 12.3. The maximum Gasteiger partial charge on any atom is 0.354 e. The van der Waals surface area contributed by atoms with Gasteiger partial charge >= 0.3 is 5.97 Å². The Labute approximate surface area is 264 Å². The van der Waals surface area contributed by atoms with E-state index >= 15 is 0 Å². The molecule has 1 saturated carbocycles. The zero-order chi connectivity index (χ0) is 31.8. The fourth-order valence-electron chi connectivity index (χ4n) is 6.93. The number of H-pyrrole nitrogens is 1. The van der Waals surface area contributed by atoms with Gasteiger partial charge in [-0.15, -0.1) is 0 Å². The molecule has 5 rings (SSSR count). The number of unbranched alkanes of at least 4 members (excludes halogenated alkanes) is 1. The quantitative estimate of drug-likeness (QED) is 0.170. The van der Waals surface area contributed by atoms with Crippen molar-refractivity contribution in [3.05, 3.63) is 65.9 Å². The predicted octanol–water partition coefficient (Wildman–Crippen LogP) is 5.57. The first kappa shape index (κ1) is 32.6. The number of ether oxygens (including phenoxy) is 2. The van der Waals surface area contributed by atoms with Gasteiger partial charge in [-0.25, -0.2) is 4.79 Å². The molecular weight excluding hydrogens is 575 g/mol. The molecule has 9 nitrogen and oxygen atoms in total. The van der Waals surface area contributed by atoms with E-state index in [0.717, 1.165) is 42.1 Å². The number of carbonyl (C=O) groups is 3. The van der Waals surface area contributed by atoms with Crippen LogP contribution in [0.15, 0.2) is 54.6 Å². The van der Waals surface area contributed by atoms with E-state index in [0.29, 0.717) is 56.8 Å². The number of esters is 1. The van der Waals surface area contributed by atoms with Gasteiger partial charge < -0.3 is 30.4 Å². The fraction of sp³-hybridized carbons (Fsp3) is 0.514. The normalized spacial score (nSPS) is 22.3. The smallest absolute Gasteiger partial charge is 0.354 e. The van der Waals surface area contributed by atoms with Gasteiger partial charge in [-0.05, 0) is 87.1 Å². The lowest BCUT2D eigenvalue weighted by molar-refractivity contribution is -0.141. The molecule has 45 heavy (non-hydrogen) atoms. The van der Waals surface area contributed by atoms with Crippen LogP contribution >= 0.6 is 0 Å². The van der Waals surface area contributed by atoms with Crippen molar-refractivity contribution in [2.45, 2.75) is 69.4 Å². The summed E-state index contributed by atoms with van der Waals surface area (Å²) in [7, 11) is 1.64. The van der Waals surface area contributed by atoms with Crippen molar-refractivity contribution in [2.24, 2.45) is 17.6 Å². The van der Waals surface area contributed by atoms with E-state index in [1.165, 1.54) is 0 Å². The number of fused-ring (bicyclic) bond motifs is 1. The molecule has 10 heteroatoms. The maximum absolute atomic E-state index is 14.0. The first-order valence-electron chi connectivity index (χ1n) is 16.2. The lowest BCUT2D eigenvalue weighted by atomic mass is 9.77. The summed E-state index contributed by atoms with van der Waals surface area (Å²) < 4.78 is 23.2. The topological polar surface area (TPSA) is 127 Å². The van der Waals surface area contributed by atoms with Crippen LogP contribution in [-0.2, 0) is 19.1 Å². The number of likely N-dealkylation sites (tertiary alicyclic amines) is 1. The molecule has 4 N–H and O–H groups in total. The summed E-state index contributed by atoms with van der Waals surface area (Å²) in [4.78, 5) is 45.3. The highest BCUT2D eigenvalue weighted by Crippen LogP contribution is 2.38. The number of rotatable bonds is 13. The highest BCUT2D eigenvalue weighted by molar-refractivity contribution is 6.01. The Balaban J connectivity index is 1.28. The SMILES string of the molecule is COCCCCOC(=O)c1cc2cc(NC(=O)[C@@H]3[C@@H](c4ccccc4)CCN3C(=O)[C@H]3CC[C@H]([C@H](N)CCF)CC3)ccc2[nH]1. The number of nitrogens with one attached hydrogen (secondary N) is 2.